The van der Waals surface area contributed by atoms with Crippen molar-refractivity contribution in [2.24, 2.45) is 17.8 Å². The zero-order valence-corrected chi connectivity index (χ0v) is 15.3. The summed E-state index contributed by atoms with van der Waals surface area (Å²) in [6.45, 7) is 6.73. The monoisotopic (exact) mass is 318 g/mol. The summed E-state index contributed by atoms with van der Waals surface area (Å²) in [6.07, 6.45) is 23.9. The van der Waals surface area contributed by atoms with Crippen molar-refractivity contribution in [1.82, 2.24) is 0 Å². The molecule has 0 spiro atoms. The maximum absolute atomic E-state index is 5.80. The molecule has 0 bridgehead atoms. The van der Waals surface area contributed by atoms with E-state index < -0.39 is 0 Å². The number of ether oxygens (including phenoxy) is 1. The lowest BCUT2D eigenvalue weighted by atomic mass is 9.77. The van der Waals surface area contributed by atoms with Gasteiger partial charge in [0.2, 0.25) is 0 Å². The third-order valence-corrected chi connectivity index (χ3v) is 5.98. The number of allylic oxidation sites excluding steroid dienone is 2. The zero-order valence-electron chi connectivity index (χ0n) is 15.3. The molecule has 2 fully saturated rings. The van der Waals surface area contributed by atoms with Crippen molar-refractivity contribution in [3.05, 3.63) is 24.8 Å². The van der Waals surface area contributed by atoms with Gasteiger partial charge in [-0.1, -0.05) is 44.4 Å². The molecule has 0 unspecified atom stereocenters. The van der Waals surface area contributed by atoms with Crippen molar-refractivity contribution < 1.29 is 4.74 Å². The van der Waals surface area contributed by atoms with Gasteiger partial charge in [-0.25, -0.2) is 0 Å². The lowest BCUT2D eigenvalue weighted by Gasteiger charge is -2.31. The van der Waals surface area contributed by atoms with Crippen molar-refractivity contribution >= 4 is 0 Å². The molecular weight excluding hydrogens is 280 g/mol. The van der Waals surface area contributed by atoms with Gasteiger partial charge in [-0.15, -0.1) is 6.58 Å². The highest BCUT2D eigenvalue weighted by Gasteiger charge is 2.24. The van der Waals surface area contributed by atoms with E-state index in [1.54, 1.807) is 0 Å². The van der Waals surface area contributed by atoms with Crippen LogP contribution in [0.4, 0.5) is 0 Å². The fourth-order valence-corrected chi connectivity index (χ4v) is 4.39. The summed E-state index contributed by atoms with van der Waals surface area (Å²) in [4.78, 5) is 0. The number of hydrogen-bond donors (Lipinski definition) is 0. The molecule has 1 nitrogen and oxygen atoms in total. The SMILES string of the molecule is C=CCO[C@H]1CC[C@H](CC[C@H]2CC[C@H](/C=C/CCC)CC2)CC1. The Morgan fingerprint density at radius 3 is 2.09 bits per heavy atom. The summed E-state index contributed by atoms with van der Waals surface area (Å²) in [5.74, 6) is 2.87. The van der Waals surface area contributed by atoms with Gasteiger partial charge in [0.1, 0.15) is 0 Å². The maximum atomic E-state index is 5.80. The Bertz CT molecular complexity index is 330. The molecule has 23 heavy (non-hydrogen) atoms. The van der Waals surface area contributed by atoms with Gasteiger partial charge in [0, 0.05) is 0 Å². The Labute approximate surface area is 144 Å². The summed E-state index contributed by atoms with van der Waals surface area (Å²) in [5.41, 5.74) is 0. The predicted molar refractivity (Wildman–Crippen MR) is 101 cm³/mol. The fourth-order valence-electron chi connectivity index (χ4n) is 4.39. The molecule has 2 rings (SSSR count). The third-order valence-electron chi connectivity index (χ3n) is 5.98. The van der Waals surface area contributed by atoms with E-state index in [9.17, 15) is 0 Å². The first-order valence-corrected chi connectivity index (χ1v) is 10.2. The van der Waals surface area contributed by atoms with Crippen LogP contribution in [-0.2, 0) is 4.74 Å². The second kappa shape index (κ2) is 11.1. The lowest BCUT2D eigenvalue weighted by molar-refractivity contribution is 0.0327. The molecule has 2 aliphatic carbocycles. The van der Waals surface area contributed by atoms with Crippen molar-refractivity contribution in [2.75, 3.05) is 6.61 Å². The Kier molecular flexibility index (Phi) is 9.04. The number of unbranched alkanes of at least 4 members (excludes halogenated alkanes) is 1. The third kappa shape index (κ3) is 7.25. The molecule has 0 heterocycles. The topological polar surface area (TPSA) is 9.23 Å². The molecule has 132 valence electrons. The summed E-state index contributed by atoms with van der Waals surface area (Å²) in [5, 5.41) is 0. The Morgan fingerprint density at radius 2 is 1.52 bits per heavy atom. The second-order valence-electron chi connectivity index (χ2n) is 7.84. The molecule has 0 aromatic rings. The number of rotatable bonds is 9. The van der Waals surface area contributed by atoms with Gasteiger partial charge >= 0.3 is 0 Å². The minimum Gasteiger partial charge on any atom is -0.374 e. The molecule has 0 aromatic carbocycles. The molecule has 0 aromatic heterocycles. The Balaban J connectivity index is 1.55. The van der Waals surface area contributed by atoms with Crippen LogP contribution in [0.1, 0.15) is 84.0 Å². The van der Waals surface area contributed by atoms with Gasteiger partial charge in [-0.05, 0) is 75.5 Å². The van der Waals surface area contributed by atoms with E-state index in [1.165, 1.54) is 77.0 Å². The normalized spacial score (nSPS) is 32.2. The van der Waals surface area contributed by atoms with E-state index in [4.69, 9.17) is 4.74 Å². The molecule has 0 radical (unpaired) electrons. The van der Waals surface area contributed by atoms with Crippen LogP contribution in [0.15, 0.2) is 24.8 Å². The van der Waals surface area contributed by atoms with E-state index in [0.29, 0.717) is 6.10 Å². The Morgan fingerprint density at radius 1 is 0.913 bits per heavy atom. The Hall–Kier alpha value is -0.560. The molecule has 0 saturated heterocycles. The van der Waals surface area contributed by atoms with Gasteiger partial charge in [-0.3, -0.25) is 0 Å². The van der Waals surface area contributed by atoms with Crippen LogP contribution in [0.5, 0.6) is 0 Å². The minimum absolute atomic E-state index is 0.509. The average Bonchev–Trinajstić information content (AvgIpc) is 2.60. The van der Waals surface area contributed by atoms with E-state index in [0.717, 1.165) is 24.4 Å². The second-order valence-corrected chi connectivity index (χ2v) is 7.84. The van der Waals surface area contributed by atoms with Crippen LogP contribution >= 0.6 is 0 Å². The minimum atomic E-state index is 0.509. The van der Waals surface area contributed by atoms with Gasteiger partial charge in [0.25, 0.3) is 0 Å². The van der Waals surface area contributed by atoms with Crippen molar-refractivity contribution in [3.63, 3.8) is 0 Å². The highest BCUT2D eigenvalue weighted by atomic mass is 16.5. The van der Waals surface area contributed by atoms with Crippen molar-refractivity contribution in [3.8, 4) is 0 Å². The van der Waals surface area contributed by atoms with Crippen LogP contribution < -0.4 is 0 Å². The summed E-state index contributed by atoms with van der Waals surface area (Å²) < 4.78 is 5.80. The lowest BCUT2D eigenvalue weighted by Crippen LogP contribution is -2.22. The summed E-state index contributed by atoms with van der Waals surface area (Å²) in [7, 11) is 0. The summed E-state index contributed by atoms with van der Waals surface area (Å²) >= 11 is 0. The molecular formula is C22H38O. The van der Waals surface area contributed by atoms with Crippen LogP contribution in [0.2, 0.25) is 0 Å². The zero-order chi connectivity index (χ0) is 16.3. The fraction of sp³-hybridized carbons (Fsp3) is 0.818. The number of hydrogen-bond acceptors (Lipinski definition) is 1. The van der Waals surface area contributed by atoms with E-state index in [1.807, 2.05) is 6.08 Å². The molecule has 2 saturated carbocycles. The molecule has 2 aliphatic rings. The standard InChI is InChI=1S/C22H38O/c1-3-5-6-7-19-8-10-20(11-9-19)12-13-21-14-16-22(17-15-21)23-18-4-2/h4,6-7,19-22H,2-3,5,8-18H2,1H3/b7-6+/t19-,20-,21-,22-. The van der Waals surface area contributed by atoms with E-state index in [-0.39, 0.29) is 0 Å². The summed E-state index contributed by atoms with van der Waals surface area (Å²) in [6, 6.07) is 0. The first-order valence-electron chi connectivity index (χ1n) is 10.2. The average molecular weight is 319 g/mol. The van der Waals surface area contributed by atoms with Gasteiger partial charge in [0.05, 0.1) is 12.7 Å². The van der Waals surface area contributed by atoms with Crippen LogP contribution in [-0.4, -0.2) is 12.7 Å². The van der Waals surface area contributed by atoms with E-state index in [2.05, 4.69) is 25.7 Å². The highest BCUT2D eigenvalue weighted by molar-refractivity contribution is 4.91. The maximum Gasteiger partial charge on any atom is 0.0648 e. The van der Waals surface area contributed by atoms with Crippen LogP contribution in [0, 0.1) is 17.8 Å². The first kappa shape index (κ1) is 18.8. The van der Waals surface area contributed by atoms with Gasteiger partial charge < -0.3 is 4.74 Å². The van der Waals surface area contributed by atoms with Crippen LogP contribution in [0.25, 0.3) is 0 Å². The molecule has 0 atom stereocenters. The molecule has 0 amide bonds. The van der Waals surface area contributed by atoms with Gasteiger partial charge in [-0.2, -0.15) is 0 Å². The van der Waals surface area contributed by atoms with E-state index >= 15 is 0 Å². The highest BCUT2D eigenvalue weighted by Crippen LogP contribution is 2.36. The van der Waals surface area contributed by atoms with Crippen molar-refractivity contribution in [2.45, 2.75) is 90.1 Å². The molecule has 0 aliphatic heterocycles. The largest absolute Gasteiger partial charge is 0.374 e. The van der Waals surface area contributed by atoms with Crippen molar-refractivity contribution in [1.29, 1.82) is 0 Å². The van der Waals surface area contributed by atoms with Gasteiger partial charge in [0.15, 0.2) is 0 Å². The molecule has 0 N–H and O–H groups in total. The molecule has 1 heteroatoms. The predicted octanol–water partition coefficient (Wildman–Crippen LogP) is 6.69. The quantitative estimate of drug-likeness (QED) is 0.430. The first-order chi connectivity index (χ1) is 11.3. The smallest absolute Gasteiger partial charge is 0.0648 e. The van der Waals surface area contributed by atoms with Crippen LogP contribution in [0.3, 0.4) is 0 Å².